The summed E-state index contributed by atoms with van der Waals surface area (Å²) in [6.07, 6.45) is 1.47. The summed E-state index contributed by atoms with van der Waals surface area (Å²) in [5.74, 6) is 0.587. The quantitative estimate of drug-likeness (QED) is 0.869. The van der Waals surface area contributed by atoms with Gasteiger partial charge in [0.1, 0.15) is 23.8 Å². The normalized spacial score (nSPS) is 9.65. The summed E-state index contributed by atoms with van der Waals surface area (Å²) in [4.78, 5) is 8.27. The SMILES string of the molecule is CCNc1ncnc(-c2ccccc2)c1C#N. The average Bonchev–Trinajstić information content (AvgIpc) is 2.40. The molecule has 1 heterocycles. The lowest BCUT2D eigenvalue weighted by molar-refractivity contribution is 1.10. The number of nitriles is 1. The van der Waals surface area contributed by atoms with Crippen molar-refractivity contribution in [3.05, 3.63) is 42.2 Å². The van der Waals surface area contributed by atoms with Crippen LogP contribution in [0.25, 0.3) is 11.3 Å². The Labute approximate surface area is 100.0 Å². The van der Waals surface area contributed by atoms with Crippen LogP contribution in [-0.4, -0.2) is 16.5 Å². The Bertz CT molecular complexity index is 543. The molecule has 0 amide bonds. The van der Waals surface area contributed by atoms with Crippen LogP contribution in [0.3, 0.4) is 0 Å². The molecule has 0 radical (unpaired) electrons. The Morgan fingerprint density at radius 2 is 2.00 bits per heavy atom. The zero-order valence-corrected chi connectivity index (χ0v) is 9.51. The Balaban J connectivity index is 2.56. The third-order valence-electron chi connectivity index (χ3n) is 2.35. The van der Waals surface area contributed by atoms with Crippen molar-refractivity contribution in [3.8, 4) is 17.3 Å². The highest BCUT2D eigenvalue weighted by Crippen LogP contribution is 2.24. The van der Waals surface area contributed by atoms with Gasteiger partial charge in [-0.1, -0.05) is 30.3 Å². The number of hydrogen-bond acceptors (Lipinski definition) is 4. The predicted octanol–water partition coefficient (Wildman–Crippen LogP) is 2.45. The standard InChI is InChI=1S/C13H12N4/c1-2-15-13-11(8-14)12(16-9-17-13)10-6-4-3-5-7-10/h3-7,9H,2H2,1H3,(H,15,16,17). The molecule has 0 atom stereocenters. The molecular weight excluding hydrogens is 212 g/mol. The molecule has 17 heavy (non-hydrogen) atoms. The van der Waals surface area contributed by atoms with Gasteiger partial charge in [-0.05, 0) is 6.92 Å². The number of anilines is 1. The molecule has 4 nitrogen and oxygen atoms in total. The lowest BCUT2D eigenvalue weighted by Crippen LogP contribution is -2.04. The predicted molar refractivity (Wildman–Crippen MR) is 66.3 cm³/mol. The van der Waals surface area contributed by atoms with E-state index in [9.17, 15) is 5.26 Å². The Kier molecular flexibility index (Phi) is 3.31. The third kappa shape index (κ3) is 2.23. The first-order chi connectivity index (χ1) is 8.36. The number of hydrogen-bond donors (Lipinski definition) is 1. The fourth-order valence-corrected chi connectivity index (χ4v) is 1.61. The fraction of sp³-hybridized carbons (Fsp3) is 0.154. The van der Waals surface area contributed by atoms with Gasteiger partial charge in [0.2, 0.25) is 0 Å². The lowest BCUT2D eigenvalue weighted by atomic mass is 10.1. The Hall–Kier alpha value is -2.41. The smallest absolute Gasteiger partial charge is 0.148 e. The zero-order chi connectivity index (χ0) is 12.1. The highest BCUT2D eigenvalue weighted by Gasteiger charge is 2.11. The second-order valence-electron chi connectivity index (χ2n) is 3.45. The molecular formula is C13H12N4. The Morgan fingerprint density at radius 1 is 1.24 bits per heavy atom. The maximum Gasteiger partial charge on any atom is 0.148 e. The summed E-state index contributed by atoms with van der Waals surface area (Å²) < 4.78 is 0. The Morgan fingerprint density at radius 3 is 2.65 bits per heavy atom. The zero-order valence-electron chi connectivity index (χ0n) is 9.51. The molecule has 0 saturated heterocycles. The first kappa shape index (κ1) is 11.1. The molecule has 0 unspecified atom stereocenters. The van der Waals surface area contributed by atoms with Gasteiger partial charge in [-0.25, -0.2) is 9.97 Å². The largest absolute Gasteiger partial charge is 0.369 e. The van der Waals surface area contributed by atoms with Crippen molar-refractivity contribution in [2.24, 2.45) is 0 Å². The monoisotopic (exact) mass is 224 g/mol. The number of rotatable bonds is 3. The van der Waals surface area contributed by atoms with Gasteiger partial charge in [-0.15, -0.1) is 0 Å². The van der Waals surface area contributed by atoms with E-state index in [1.54, 1.807) is 0 Å². The topological polar surface area (TPSA) is 61.6 Å². The van der Waals surface area contributed by atoms with Crippen LogP contribution in [0.15, 0.2) is 36.7 Å². The second kappa shape index (κ2) is 5.08. The fourth-order valence-electron chi connectivity index (χ4n) is 1.61. The summed E-state index contributed by atoms with van der Waals surface area (Å²) in [6, 6.07) is 11.8. The molecule has 1 aromatic carbocycles. The van der Waals surface area contributed by atoms with E-state index in [2.05, 4.69) is 21.4 Å². The summed E-state index contributed by atoms with van der Waals surface area (Å²) in [6.45, 7) is 2.69. The molecule has 1 aromatic heterocycles. The highest BCUT2D eigenvalue weighted by molar-refractivity contribution is 5.72. The molecule has 0 spiro atoms. The molecule has 0 aliphatic heterocycles. The van der Waals surface area contributed by atoms with E-state index in [1.807, 2.05) is 37.3 Å². The van der Waals surface area contributed by atoms with Gasteiger partial charge in [-0.2, -0.15) is 5.26 Å². The van der Waals surface area contributed by atoms with Crippen LogP contribution in [0.2, 0.25) is 0 Å². The van der Waals surface area contributed by atoms with Crippen molar-refractivity contribution in [1.82, 2.24) is 9.97 Å². The van der Waals surface area contributed by atoms with Gasteiger partial charge in [0.25, 0.3) is 0 Å². The van der Waals surface area contributed by atoms with E-state index >= 15 is 0 Å². The third-order valence-corrected chi connectivity index (χ3v) is 2.35. The molecule has 2 aromatic rings. The first-order valence-electron chi connectivity index (χ1n) is 5.41. The van der Waals surface area contributed by atoms with Gasteiger partial charge in [-0.3, -0.25) is 0 Å². The lowest BCUT2D eigenvalue weighted by Gasteiger charge is -2.08. The van der Waals surface area contributed by atoms with Crippen molar-refractivity contribution in [2.75, 3.05) is 11.9 Å². The maximum absolute atomic E-state index is 9.22. The molecule has 0 aliphatic rings. The van der Waals surface area contributed by atoms with Crippen molar-refractivity contribution >= 4 is 5.82 Å². The maximum atomic E-state index is 9.22. The number of nitrogens with zero attached hydrogens (tertiary/aromatic N) is 3. The molecule has 4 heteroatoms. The number of benzene rings is 1. The van der Waals surface area contributed by atoms with E-state index in [0.29, 0.717) is 17.1 Å². The van der Waals surface area contributed by atoms with E-state index in [0.717, 1.165) is 12.1 Å². The van der Waals surface area contributed by atoms with Crippen LogP contribution in [0, 0.1) is 11.3 Å². The van der Waals surface area contributed by atoms with Crippen LogP contribution in [0.5, 0.6) is 0 Å². The van der Waals surface area contributed by atoms with E-state index < -0.39 is 0 Å². The van der Waals surface area contributed by atoms with E-state index in [1.165, 1.54) is 6.33 Å². The second-order valence-corrected chi connectivity index (χ2v) is 3.45. The van der Waals surface area contributed by atoms with Gasteiger partial charge in [0.05, 0.1) is 5.69 Å². The molecule has 2 rings (SSSR count). The summed E-state index contributed by atoms with van der Waals surface area (Å²) in [7, 11) is 0. The van der Waals surface area contributed by atoms with Crippen molar-refractivity contribution < 1.29 is 0 Å². The number of nitrogens with one attached hydrogen (secondary N) is 1. The van der Waals surface area contributed by atoms with E-state index in [-0.39, 0.29) is 0 Å². The van der Waals surface area contributed by atoms with Crippen molar-refractivity contribution in [1.29, 1.82) is 5.26 Å². The minimum absolute atomic E-state index is 0.487. The van der Waals surface area contributed by atoms with Gasteiger partial charge < -0.3 is 5.32 Å². The van der Waals surface area contributed by atoms with E-state index in [4.69, 9.17) is 0 Å². The summed E-state index contributed by atoms with van der Waals surface area (Å²) in [5, 5.41) is 12.3. The first-order valence-corrected chi connectivity index (χ1v) is 5.41. The van der Waals surface area contributed by atoms with Crippen LogP contribution < -0.4 is 5.32 Å². The van der Waals surface area contributed by atoms with Crippen LogP contribution in [-0.2, 0) is 0 Å². The number of aromatic nitrogens is 2. The van der Waals surface area contributed by atoms with Gasteiger partial charge in [0.15, 0.2) is 0 Å². The molecule has 1 N–H and O–H groups in total. The van der Waals surface area contributed by atoms with Crippen LogP contribution in [0.4, 0.5) is 5.82 Å². The minimum Gasteiger partial charge on any atom is -0.369 e. The highest BCUT2D eigenvalue weighted by atomic mass is 15.0. The van der Waals surface area contributed by atoms with Gasteiger partial charge in [0, 0.05) is 12.1 Å². The van der Waals surface area contributed by atoms with Gasteiger partial charge >= 0.3 is 0 Å². The summed E-state index contributed by atoms with van der Waals surface area (Å²) >= 11 is 0. The summed E-state index contributed by atoms with van der Waals surface area (Å²) in [5.41, 5.74) is 2.07. The molecule has 0 bridgehead atoms. The van der Waals surface area contributed by atoms with Crippen molar-refractivity contribution in [2.45, 2.75) is 6.92 Å². The minimum atomic E-state index is 0.487. The van der Waals surface area contributed by atoms with Crippen molar-refractivity contribution in [3.63, 3.8) is 0 Å². The molecule has 0 fully saturated rings. The average molecular weight is 224 g/mol. The molecule has 84 valence electrons. The van der Waals surface area contributed by atoms with Crippen LogP contribution >= 0.6 is 0 Å². The molecule has 0 saturated carbocycles. The molecule has 0 aliphatic carbocycles. The van der Waals surface area contributed by atoms with Crippen LogP contribution in [0.1, 0.15) is 12.5 Å².